The molecule has 0 rings (SSSR count). The van der Waals surface area contributed by atoms with Crippen LogP contribution in [0.25, 0.3) is 0 Å². The van der Waals surface area contributed by atoms with Crippen molar-refractivity contribution < 1.29 is 34.9 Å². The number of hydrogen-bond acceptors (Lipinski definition) is 1. The number of methoxy groups -OCH3 is 1. The second kappa shape index (κ2) is 4.53. The van der Waals surface area contributed by atoms with Crippen LogP contribution in [0.1, 0.15) is 0 Å². The first kappa shape index (κ1) is 11.5. The van der Waals surface area contributed by atoms with Gasteiger partial charge in [0.2, 0.25) is 0 Å². The van der Waals surface area contributed by atoms with Gasteiger partial charge in [0.05, 0.1) is 0 Å². The SMILES string of the molecule is C=C(C=C[C](=[V])C(F)(F)F)OC. The normalized spacial score (nSPS) is 11.6. The van der Waals surface area contributed by atoms with Crippen molar-refractivity contribution in [2.75, 3.05) is 7.11 Å². The van der Waals surface area contributed by atoms with Crippen molar-refractivity contribution in [2.45, 2.75) is 6.18 Å². The molecular weight excluding hydrogens is 208 g/mol. The molecular formula is C7H7F3OV. The Morgan fingerprint density at radius 1 is 1.42 bits per heavy atom. The van der Waals surface area contributed by atoms with Gasteiger partial charge in [0.25, 0.3) is 0 Å². The summed E-state index contributed by atoms with van der Waals surface area (Å²) < 4.78 is 39.3. The van der Waals surface area contributed by atoms with Crippen molar-refractivity contribution in [3.63, 3.8) is 0 Å². The number of allylic oxidation sites excluding steroid dienone is 2. The Kier molecular flexibility index (Phi) is 4.35. The molecule has 1 nitrogen and oxygen atoms in total. The van der Waals surface area contributed by atoms with Crippen molar-refractivity contribution >= 4 is 4.23 Å². The minimum absolute atomic E-state index is 0.183. The van der Waals surface area contributed by atoms with Gasteiger partial charge in [-0.15, -0.1) is 0 Å². The van der Waals surface area contributed by atoms with E-state index in [0.717, 1.165) is 12.2 Å². The maximum absolute atomic E-state index is 11.8. The van der Waals surface area contributed by atoms with Crippen molar-refractivity contribution in [2.24, 2.45) is 0 Å². The third-order valence-corrected chi connectivity index (χ3v) is 1.61. The van der Waals surface area contributed by atoms with Gasteiger partial charge in [0.1, 0.15) is 0 Å². The predicted molar refractivity (Wildman–Crippen MR) is 36.4 cm³/mol. The van der Waals surface area contributed by atoms with Crippen molar-refractivity contribution in [3.8, 4) is 0 Å². The summed E-state index contributed by atoms with van der Waals surface area (Å²) >= 11 is 1.45. The molecule has 0 heterocycles. The minimum atomic E-state index is -4.30. The molecule has 0 aliphatic heterocycles. The van der Waals surface area contributed by atoms with Gasteiger partial charge in [-0.2, -0.15) is 0 Å². The van der Waals surface area contributed by atoms with Crippen LogP contribution in [0.15, 0.2) is 24.5 Å². The van der Waals surface area contributed by atoms with Crippen LogP contribution in [-0.2, 0) is 21.7 Å². The van der Waals surface area contributed by atoms with Crippen LogP contribution in [0.4, 0.5) is 13.2 Å². The van der Waals surface area contributed by atoms with Crippen molar-refractivity contribution in [3.05, 3.63) is 24.5 Å². The van der Waals surface area contributed by atoms with Gasteiger partial charge < -0.3 is 0 Å². The van der Waals surface area contributed by atoms with Gasteiger partial charge in [0.15, 0.2) is 0 Å². The molecule has 0 aromatic rings. The first-order chi connectivity index (χ1) is 5.38. The summed E-state index contributed by atoms with van der Waals surface area (Å²) in [5, 5.41) is 0. The molecule has 0 saturated heterocycles. The molecule has 0 radical (unpaired) electrons. The topological polar surface area (TPSA) is 9.23 Å². The summed E-state index contributed by atoms with van der Waals surface area (Å²) in [4.78, 5) is 0. The summed E-state index contributed by atoms with van der Waals surface area (Å²) in [5.41, 5.74) is 0. The number of alkyl halides is 3. The molecule has 0 bridgehead atoms. The van der Waals surface area contributed by atoms with E-state index in [4.69, 9.17) is 0 Å². The molecule has 0 aromatic heterocycles. The van der Waals surface area contributed by atoms with Crippen molar-refractivity contribution in [1.82, 2.24) is 0 Å². The fourth-order valence-electron chi connectivity index (χ4n) is 0.334. The first-order valence-corrected chi connectivity index (χ1v) is 3.62. The third-order valence-electron chi connectivity index (χ3n) is 0.980. The zero-order valence-electron chi connectivity index (χ0n) is 6.35. The van der Waals surface area contributed by atoms with E-state index in [2.05, 4.69) is 11.3 Å². The second-order valence-corrected chi connectivity index (χ2v) is 2.64. The summed E-state index contributed by atoms with van der Waals surface area (Å²) in [5.74, 6) is 0.183. The zero-order valence-corrected chi connectivity index (χ0v) is 7.75. The van der Waals surface area contributed by atoms with E-state index >= 15 is 0 Å². The molecule has 0 fully saturated rings. The maximum atomic E-state index is 11.8. The molecule has 0 amide bonds. The molecule has 0 aromatic carbocycles. The molecule has 0 N–H and O–H groups in total. The fourth-order valence-corrected chi connectivity index (χ4v) is 0.451. The van der Waals surface area contributed by atoms with Gasteiger partial charge in [-0.1, -0.05) is 0 Å². The average Bonchev–Trinajstić information content (AvgIpc) is 1.97. The molecule has 0 saturated carbocycles. The van der Waals surface area contributed by atoms with Gasteiger partial charge in [-0.3, -0.25) is 0 Å². The molecule has 0 aliphatic carbocycles. The Labute approximate surface area is 77.4 Å². The predicted octanol–water partition coefficient (Wildman–Crippen LogP) is 1.98. The zero-order chi connectivity index (χ0) is 9.78. The first-order valence-electron chi connectivity index (χ1n) is 2.92. The van der Waals surface area contributed by atoms with Gasteiger partial charge >= 0.3 is 76.9 Å². The van der Waals surface area contributed by atoms with E-state index in [-0.39, 0.29) is 5.76 Å². The molecule has 0 unspecified atom stereocenters. The summed E-state index contributed by atoms with van der Waals surface area (Å²) in [7, 11) is 1.34. The molecule has 5 heteroatoms. The Balaban J connectivity index is 4.19. The molecule has 0 spiro atoms. The number of ether oxygens (including phenoxy) is 1. The monoisotopic (exact) mass is 215 g/mol. The van der Waals surface area contributed by atoms with Crippen LogP contribution in [-0.4, -0.2) is 17.5 Å². The fraction of sp³-hybridized carbons (Fsp3) is 0.286. The van der Waals surface area contributed by atoms with E-state index in [1.165, 1.54) is 24.1 Å². The second-order valence-electron chi connectivity index (χ2n) is 1.89. The van der Waals surface area contributed by atoms with Crippen LogP contribution >= 0.6 is 0 Å². The van der Waals surface area contributed by atoms with E-state index in [1.54, 1.807) is 0 Å². The summed E-state index contributed by atoms with van der Waals surface area (Å²) in [6, 6.07) is 0. The van der Waals surface area contributed by atoms with Gasteiger partial charge in [-0.25, -0.2) is 0 Å². The van der Waals surface area contributed by atoms with E-state index in [0.29, 0.717) is 0 Å². The van der Waals surface area contributed by atoms with E-state index < -0.39 is 10.4 Å². The van der Waals surface area contributed by atoms with E-state index in [9.17, 15) is 13.2 Å². The molecule has 67 valence electrons. The Hall–Kier alpha value is -0.476. The molecule has 0 atom stereocenters. The van der Waals surface area contributed by atoms with Crippen LogP contribution in [0.5, 0.6) is 0 Å². The van der Waals surface area contributed by atoms with Crippen LogP contribution in [0.3, 0.4) is 0 Å². The van der Waals surface area contributed by atoms with Crippen LogP contribution < -0.4 is 0 Å². The number of rotatable bonds is 3. The van der Waals surface area contributed by atoms with Gasteiger partial charge in [-0.05, 0) is 0 Å². The number of halogens is 3. The molecule has 12 heavy (non-hydrogen) atoms. The Morgan fingerprint density at radius 2 is 1.92 bits per heavy atom. The van der Waals surface area contributed by atoms with Crippen LogP contribution in [0.2, 0.25) is 0 Å². The quantitative estimate of drug-likeness (QED) is 0.516. The standard InChI is InChI=1S/C7H7F3O.V/c1-6(11-2)4-3-5-7(8,9)10;/h3-4H,1H2,2H3;. The molecule has 0 aliphatic rings. The summed E-state index contributed by atoms with van der Waals surface area (Å²) in [6.45, 7) is 3.33. The van der Waals surface area contributed by atoms with Crippen LogP contribution in [0, 0.1) is 0 Å². The third kappa shape index (κ3) is 4.41. The average molecular weight is 215 g/mol. The summed E-state index contributed by atoms with van der Waals surface area (Å²) in [6.07, 6.45) is -2.25. The Morgan fingerprint density at radius 3 is 2.25 bits per heavy atom. The Bertz CT molecular complexity index is 217. The number of hydrogen-bond donors (Lipinski definition) is 0. The van der Waals surface area contributed by atoms with Crippen molar-refractivity contribution in [1.29, 1.82) is 0 Å². The van der Waals surface area contributed by atoms with E-state index in [1.807, 2.05) is 0 Å². The van der Waals surface area contributed by atoms with Gasteiger partial charge in [0, 0.05) is 0 Å².